The Morgan fingerprint density at radius 2 is 1.96 bits per heavy atom. The van der Waals surface area contributed by atoms with Gasteiger partial charge in [-0.15, -0.1) is 0 Å². The highest BCUT2D eigenvalue weighted by atomic mass is 16.3. The molecule has 2 fully saturated rings. The van der Waals surface area contributed by atoms with Gasteiger partial charge in [-0.3, -0.25) is 9.59 Å². The standard InChI is InChI=1S/C21H27NO4/c1-3-21-14(7-9-17(24)20(21)26)15(22(2)11-12-4-5-12)10-13-6-8-16(23)19(25)18(13)21/h6,8,10,12,14-15,20,25-26H,3-5,7,9,11H2,1-2H3/p+1. The van der Waals surface area contributed by atoms with Gasteiger partial charge in [-0.25, -0.2) is 0 Å². The highest BCUT2D eigenvalue weighted by molar-refractivity contribution is 6.06. The number of likely N-dealkylation sites (N-methyl/N-ethyl adjacent to an activating group) is 1. The first-order valence-corrected chi connectivity index (χ1v) is 9.81. The number of hydrogen-bond donors (Lipinski definition) is 3. The van der Waals surface area contributed by atoms with Gasteiger partial charge >= 0.3 is 0 Å². The Kier molecular flexibility index (Phi) is 4.20. The third kappa shape index (κ3) is 2.44. The number of aliphatic hydroxyl groups excluding tert-OH is 2. The van der Waals surface area contributed by atoms with E-state index < -0.39 is 17.3 Å². The van der Waals surface area contributed by atoms with Gasteiger partial charge in [0.25, 0.3) is 0 Å². The first-order chi connectivity index (χ1) is 12.4. The fraction of sp³-hybridized carbons (Fsp3) is 0.619. The molecule has 0 saturated heterocycles. The van der Waals surface area contributed by atoms with E-state index in [0.717, 1.165) is 18.0 Å². The van der Waals surface area contributed by atoms with Crippen LogP contribution in [-0.4, -0.2) is 47.5 Å². The Morgan fingerprint density at radius 3 is 2.62 bits per heavy atom. The van der Waals surface area contributed by atoms with Gasteiger partial charge in [0.05, 0.1) is 13.6 Å². The van der Waals surface area contributed by atoms with E-state index in [1.165, 1.54) is 23.8 Å². The van der Waals surface area contributed by atoms with E-state index in [0.29, 0.717) is 24.8 Å². The highest BCUT2D eigenvalue weighted by Crippen LogP contribution is 2.56. The third-order valence-electron chi connectivity index (χ3n) is 7.05. The van der Waals surface area contributed by atoms with Crippen molar-refractivity contribution in [3.63, 3.8) is 0 Å². The summed E-state index contributed by atoms with van der Waals surface area (Å²) in [5.41, 5.74) is 0.418. The Labute approximate surface area is 154 Å². The predicted octanol–water partition coefficient (Wildman–Crippen LogP) is 0.907. The summed E-state index contributed by atoms with van der Waals surface area (Å²) in [6, 6.07) is 0.169. The summed E-state index contributed by atoms with van der Waals surface area (Å²) in [4.78, 5) is 26.0. The Hall–Kier alpha value is -1.72. The normalized spacial score (nSPS) is 38.0. The maximum absolute atomic E-state index is 12.5. The van der Waals surface area contributed by atoms with Crippen molar-refractivity contribution in [3.05, 3.63) is 35.1 Å². The van der Waals surface area contributed by atoms with E-state index >= 15 is 0 Å². The molecule has 0 aliphatic heterocycles. The maximum Gasteiger partial charge on any atom is 0.220 e. The molecule has 0 bridgehead atoms. The predicted molar refractivity (Wildman–Crippen MR) is 96.6 cm³/mol. The zero-order valence-corrected chi connectivity index (χ0v) is 15.5. The van der Waals surface area contributed by atoms with Gasteiger partial charge in [-0.05, 0) is 43.4 Å². The molecule has 2 saturated carbocycles. The van der Waals surface area contributed by atoms with Crippen molar-refractivity contribution in [1.82, 2.24) is 0 Å². The SMILES string of the molecule is CCC12C3=C(O)C(=O)C=CC3=CC([NH+](C)CC3CC3)C1CCC(=O)C2O. The largest absolute Gasteiger partial charge is 0.504 e. The van der Waals surface area contributed by atoms with Crippen molar-refractivity contribution >= 4 is 11.6 Å². The molecule has 4 rings (SSSR count). The molecule has 26 heavy (non-hydrogen) atoms. The minimum atomic E-state index is -1.16. The van der Waals surface area contributed by atoms with E-state index in [1.54, 1.807) is 6.08 Å². The van der Waals surface area contributed by atoms with Crippen LogP contribution in [0.15, 0.2) is 35.1 Å². The first-order valence-electron chi connectivity index (χ1n) is 9.81. The van der Waals surface area contributed by atoms with Crippen molar-refractivity contribution in [2.45, 2.75) is 51.2 Å². The number of rotatable bonds is 4. The first kappa shape index (κ1) is 17.7. The zero-order chi connectivity index (χ0) is 18.6. The molecular formula is C21H28NO4+. The molecule has 0 radical (unpaired) electrons. The summed E-state index contributed by atoms with van der Waals surface area (Å²) in [5.74, 6) is -0.0958. The van der Waals surface area contributed by atoms with Crippen LogP contribution in [0.4, 0.5) is 0 Å². The van der Waals surface area contributed by atoms with Gasteiger partial charge in [0.15, 0.2) is 11.5 Å². The van der Waals surface area contributed by atoms with Crippen LogP contribution in [0.25, 0.3) is 0 Å². The van der Waals surface area contributed by atoms with Crippen LogP contribution in [0.1, 0.15) is 39.0 Å². The van der Waals surface area contributed by atoms with Gasteiger partial charge in [0, 0.05) is 29.2 Å². The van der Waals surface area contributed by atoms with Crippen LogP contribution in [-0.2, 0) is 9.59 Å². The van der Waals surface area contributed by atoms with Gasteiger partial charge in [0.2, 0.25) is 5.78 Å². The van der Waals surface area contributed by atoms with Gasteiger partial charge in [0.1, 0.15) is 12.1 Å². The van der Waals surface area contributed by atoms with Crippen LogP contribution in [0, 0.1) is 17.3 Å². The lowest BCUT2D eigenvalue weighted by atomic mass is 9.52. The molecule has 0 spiro atoms. The topological polar surface area (TPSA) is 79.0 Å². The van der Waals surface area contributed by atoms with Crippen LogP contribution in [0.2, 0.25) is 0 Å². The van der Waals surface area contributed by atoms with E-state index in [-0.39, 0.29) is 23.5 Å². The maximum atomic E-state index is 12.5. The number of carbonyl (C=O) groups excluding carboxylic acids is 2. The molecule has 5 heteroatoms. The lowest BCUT2D eigenvalue weighted by Gasteiger charge is -2.53. The molecule has 5 nitrogen and oxygen atoms in total. The number of hydrogen-bond acceptors (Lipinski definition) is 4. The second-order valence-electron chi connectivity index (χ2n) is 8.47. The summed E-state index contributed by atoms with van der Waals surface area (Å²) in [6.45, 7) is 3.04. The second kappa shape index (κ2) is 6.17. The molecule has 0 amide bonds. The van der Waals surface area contributed by atoms with Crippen LogP contribution < -0.4 is 4.90 Å². The van der Waals surface area contributed by atoms with E-state index in [2.05, 4.69) is 13.1 Å². The van der Waals surface area contributed by atoms with Gasteiger partial charge < -0.3 is 15.1 Å². The quantitative estimate of drug-likeness (QED) is 0.698. The third-order valence-corrected chi connectivity index (χ3v) is 7.05. The molecule has 140 valence electrons. The van der Waals surface area contributed by atoms with Crippen molar-refractivity contribution in [2.24, 2.45) is 17.3 Å². The monoisotopic (exact) mass is 358 g/mol. The summed E-state index contributed by atoms with van der Waals surface area (Å²) in [5, 5.41) is 21.6. The second-order valence-corrected chi connectivity index (χ2v) is 8.47. The number of fused-ring (bicyclic) bond motifs is 3. The molecule has 5 atom stereocenters. The number of carbonyl (C=O) groups is 2. The summed E-state index contributed by atoms with van der Waals surface area (Å²) in [7, 11) is 2.19. The van der Waals surface area contributed by atoms with Crippen LogP contribution >= 0.6 is 0 Å². The lowest BCUT2D eigenvalue weighted by Crippen LogP contribution is -3.14. The molecule has 0 aromatic carbocycles. The van der Waals surface area contributed by atoms with E-state index in [9.17, 15) is 19.8 Å². The summed E-state index contributed by atoms with van der Waals surface area (Å²) >= 11 is 0. The van der Waals surface area contributed by atoms with E-state index in [4.69, 9.17) is 0 Å². The van der Waals surface area contributed by atoms with Gasteiger partial charge in [-0.2, -0.15) is 0 Å². The van der Waals surface area contributed by atoms with Crippen LogP contribution in [0.5, 0.6) is 0 Å². The Bertz CT molecular complexity index is 745. The zero-order valence-electron chi connectivity index (χ0n) is 15.5. The molecule has 0 aromatic rings. The van der Waals surface area contributed by atoms with Gasteiger partial charge in [-0.1, -0.05) is 13.0 Å². The number of ketones is 2. The molecule has 3 N–H and O–H groups in total. The van der Waals surface area contributed by atoms with E-state index in [1.807, 2.05) is 6.92 Å². The van der Waals surface area contributed by atoms with Crippen molar-refractivity contribution in [1.29, 1.82) is 0 Å². The van der Waals surface area contributed by atoms with Crippen molar-refractivity contribution in [2.75, 3.05) is 13.6 Å². The van der Waals surface area contributed by atoms with Crippen molar-refractivity contribution in [3.8, 4) is 0 Å². The summed E-state index contributed by atoms with van der Waals surface area (Å²) < 4.78 is 0. The Balaban J connectivity index is 1.87. The number of allylic oxidation sites excluding steroid dienone is 3. The molecule has 4 aliphatic rings. The number of quaternary nitrogens is 1. The lowest BCUT2D eigenvalue weighted by molar-refractivity contribution is -0.906. The molecular weight excluding hydrogens is 330 g/mol. The average molecular weight is 358 g/mol. The summed E-state index contributed by atoms with van der Waals surface area (Å²) in [6.07, 6.45) is 8.27. The fourth-order valence-electron chi connectivity index (χ4n) is 5.56. The minimum absolute atomic E-state index is 0.0409. The fourth-order valence-corrected chi connectivity index (χ4v) is 5.56. The molecule has 5 unspecified atom stereocenters. The van der Waals surface area contributed by atoms with Crippen LogP contribution in [0.3, 0.4) is 0 Å². The smallest absolute Gasteiger partial charge is 0.220 e. The van der Waals surface area contributed by atoms with Crippen molar-refractivity contribution < 1.29 is 24.7 Å². The Morgan fingerprint density at radius 1 is 1.23 bits per heavy atom. The highest BCUT2D eigenvalue weighted by Gasteiger charge is 2.60. The number of nitrogens with one attached hydrogen (secondary N) is 1. The molecule has 0 heterocycles. The molecule has 0 aromatic heterocycles. The number of Topliss-reactive ketones (excluding diaryl/α,β-unsaturated/α-hetero) is 1. The minimum Gasteiger partial charge on any atom is -0.504 e. The number of aliphatic hydroxyl groups is 2. The molecule has 4 aliphatic carbocycles. The average Bonchev–Trinajstić information content (AvgIpc) is 3.44.